The van der Waals surface area contributed by atoms with Crippen LogP contribution >= 0.6 is 22.9 Å². The third kappa shape index (κ3) is 5.33. The fourth-order valence-electron chi connectivity index (χ4n) is 2.84. The average Bonchev–Trinajstić information content (AvgIpc) is 3.14. The second-order valence-electron chi connectivity index (χ2n) is 6.52. The minimum atomic E-state index is -0.00997. The second kappa shape index (κ2) is 9.71. The average molecular weight is 415 g/mol. The Balaban J connectivity index is 1.64. The molecule has 0 fully saturated rings. The Morgan fingerprint density at radius 2 is 1.93 bits per heavy atom. The van der Waals surface area contributed by atoms with E-state index >= 15 is 0 Å². The molecule has 0 saturated carbocycles. The maximum Gasteiger partial charge on any atom is 0.254 e. The predicted octanol–water partition coefficient (Wildman–Crippen LogP) is 5.74. The van der Waals surface area contributed by atoms with E-state index in [0.717, 1.165) is 28.4 Å². The van der Waals surface area contributed by atoms with Gasteiger partial charge in [0.05, 0.1) is 12.2 Å². The summed E-state index contributed by atoms with van der Waals surface area (Å²) in [5, 5.41) is 3.51. The van der Waals surface area contributed by atoms with Crippen LogP contribution in [0.4, 0.5) is 0 Å². The van der Waals surface area contributed by atoms with Crippen LogP contribution < -0.4 is 4.74 Å². The first-order chi connectivity index (χ1) is 13.6. The van der Waals surface area contributed by atoms with Gasteiger partial charge in [-0.05, 0) is 49.2 Å². The number of halogens is 1. The Bertz CT molecular complexity index is 924. The number of ether oxygens (including phenoxy) is 1. The molecule has 6 heteroatoms. The molecule has 0 radical (unpaired) electrons. The molecule has 0 spiro atoms. The summed E-state index contributed by atoms with van der Waals surface area (Å²) in [6, 6.07) is 14.9. The molecule has 0 aliphatic heterocycles. The van der Waals surface area contributed by atoms with Crippen molar-refractivity contribution in [2.75, 3.05) is 6.54 Å². The summed E-state index contributed by atoms with van der Waals surface area (Å²) in [5.74, 6) is 0.856. The summed E-state index contributed by atoms with van der Waals surface area (Å²) in [5.41, 5.74) is 2.61. The van der Waals surface area contributed by atoms with Gasteiger partial charge in [-0.3, -0.25) is 4.79 Å². The van der Waals surface area contributed by atoms with Crippen LogP contribution in [0.5, 0.6) is 5.75 Å². The molecule has 0 bridgehead atoms. The summed E-state index contributed by atoms with van der Waals surface area (Å²) in [6.45, 7) is 5.66. The lowest BCUT2D eigenvalue weighted by Crippen LogP contribution is -2.31. The van der Waals surface area contributed by atoms with Crippen LogP contribution in [0.25, 0.3) is 0 Å². The lowest BCUT2D eigenvalue weighted by molar-refractivity contribution is 0.0741. The zero-order chi connectivity index (χ0) is 19.9. The minimum Gasteiger partial charge on any atom is -0.486 e. The summed E-state index contributed by atoms with van der Waals surface area (Å²) in [7, 11) is 0. The van der Waals surface area contributed by atoms with Gasteiger partial charge in [-0.2, -0.15) is 0 Å². The fourth-order valence-corrected chi connectivity index (χ4v) is 3.66. The quantitative estimate of drug-likeness (QED) is 0.472. The lowest BCUT2D eigenvalue weighted by atomic mass is 10.2. The number of hydrogen-bond donors (Lipinski definition) is 0. The first kappa shape index (κ1) is 20.4. The molecule has 0 saturated heterocycles. The maximum absolute atomic E-state index is 12.8. The molecule has 3 rings (SSSR count). The molecule has 0 atom stereocenters. The zero-order valence-corrected chi connectivity index (χ0v) is 17.6. The summed E-state index contributed by atoms with van der Waals surface area (Å²) in [6.07, 6.45) is 0.882. The highest BCUT2D eigenvalue weighted by Gasteiger charge is 2.17. The van der Waals surface area contributed by atoms with Gasteiger partial charge in [0.2, 0.25) is 0 Å². The van der Waals surface area contributed by atoms with Crippen LogP contribution in [0.1, 0.15) is 40.0 Å². The molecule has 28 heavy (non-hydrogen) atoms. The number of aromatic nitrogens is 1. The number of amides is 1. The number of nitrogens with zero attached hydrogens (tertiary/aromatic N) is 2. The number of thiazole rings is 1. The number of aryl methyl sites for hydroxylation is 1. The number of para-hydroxylation sites is 1. The first-order valence-electron chi connectivity index (χ1n) is 9.23. The van der Waals surface area contributed by atoms with E-state index < -0.39 is 0 Å². The Labute approximate surface area is 174 Å². The molecule has 0 N–H and O–H groups in total. The molecule has 0 aliphatic carbocycles. The SMILES string of the molecule is CCCN(Cc1csc(COc2ccccc2C)n1)C(=O)c1ccc(Cl)cc1. The first-order valence-corrected chi connectivity index (χ1v) is 10.5. The van der Waals surface area contributed by atoms with Gasteiger partial charge >= 0.3 is 0 Å². The summed E-state index contributed by atoms with van der Waals surface area (Å²) >= 11 is 7.48. The van der Waals surface area contributed by atoms with Crippen molar-refractivity contribution in [3.8, 4) is 5.75 Å². The Kier molecular flexibility index (Phi) is 7.06. The van der Waals surface area contributed by atoms with Crippen molar-refractivity contribution in [3.05, 3.63) is 80.8 Å². The molecule has 1 heterocycles. The molecular formula is C22H23ClN2O2S. The van der Waals surface area contributed by atoms with E-state index in [1.54, 1.807) is 35.6 Å². The van der Waals surface area contributed by atoms with Gasteiger partial charge in [-0.1, -0.05) is 36.7 Å². The maximum atomic E-state index is 12.8. The molecule has 1 aromatic heterocycles. The van der Waals surface area contributed by atoms with Gasteiger partial charge in [0.1, 0.15) is 17.4 Å². The molecule has 0 aliphatic rings. The Hall–Kier alpha value is -2.37. The number of carbonyl (C=O) groups is 1. The van der Waals surface area contributed by atoms with Gasteiger partial charge in [-0.25, -0.2) is 4.98 Å². The Morgan fingerprint density at radius 3 is 2.64 bits per heavy atom. The molecule has 2 aromatic carbocycles. The lowest BCUT2D eigenvalue weighted by Gasteiger charge is -2.21. The van der Waals surface area contributed by atoms with E-state index in [0.29, 0.717) is 30.3 Å². The fraction of sp³-hybridized carbons (Fsp3) is 0.273. The minimum absolute atomic E-state index is 0.00997. The van der Waals surface area contributed by atoms with Crippen molar-refractivity contribution in [1.29, 1.82) is 0 Å². The highest BCUT2D eigenvalue weighted by molar-refractivity contribution is 7.09. The van der Waals surface area contributed by atoms with Gasteiger partial charge in [0, 0.05) is 22.5 Å². The number of rotatable bonds is 8. The number of carbonyl (C=O) groups excluding carboxylic acids is 1. The highest BCUT2D eigenvalue weighted by Crippen LogP contribution is 2.20. The molecule has 4 nitrogen and oxygen atoms in total. The topological polar surface area (TPSA) is 42.4 Å². The molecule has 3 aromatic rings. The zero-order valence-electron chi connectivity index (χ0n) is 16.0. The van der Waals surface area contributed by atoms with Crippen molar-refractivity contribution >= 4 is 28.8 Å². The van der Waals surface area contributed by atoms with Crippen LogP contribution in [0.15, 0.2) is 53.9 Å². The van der Waals surface area contributed by atoms with Gasteiger partial charge in [0.25, 0.3) is 5.91 Å². The van der Waals surface area contributed by atoms with Crippen molar-refractivity contribution < 1.29 is 9.53 Å². The van der Waals surface area contributed by atoms with Crippen LogP contribution in [0.3, 0.4) is 0 Å². The van der Waals surface area contributed by atoms with Crippen LogP contribution in [0, 0.1) is 6.92 Å². The normalized spacial score (nSPS) is 10.7. The second-order valence-corrected chi connectivity index (χ2v) is 7.90. The summed E-state index contributed by atoms with van der Waals surface area (Å²) < 4.78 is 5.87. The number of hydrogen-bond acceptors (Lipinski definition) is 4. The van der Waals surface area contributed by atoms with E-state index in [4.69, 9.17) is 16.3 Å². The predicted molar refractivity (Wildman–Crippen MR) is 114 cm³/mol. The van der Waals surface area contributed by atoms with Crippen molar-refractivity contribution in [1.82, 2.24) is 9.88 Å². The van der Waals surface area contributed by atoms with E-state index in [1.165, 1.54) is 0 Å². The largest absolute Gasteiger partial charge is 0.486 e. The smallest absolute Gasteiger partial charge is 0.254 e. The highest BCUT2D eigenvalue weighted by atomic mass is 35.5. The van der Waals surface area contributed by atoms with E-state index in [-0.39, 0.29) is 5.91 Å². The third-order valence-corrected chi connectivity index (χ3v) is 5.39. The molecule has 146 valence electrons. The van der Waals surface area contributed by atoms with Gasteiger partial charge in [0.15, 0.2) is 0 Å². The van der Waals surface area contributed by atoms with Crippen LogP contribution in [-0.2, 0) is 13.2 Å². The van der Waals surface area contributed by atoms with Crippen LogP contribution in [0.2, 0.25) is 5.02 Å². The van der Waals surface area contributed by atoms with Crippen LogP contribution in [-0.4, -0.2) is 22.3 Å². The van der Waals surface area contributed by atoms with Gasteiger partial charge < -0.3 is 9.64 Å². The number of benzene rings is 2. The Morgan fingerprint density at radius 1 is 1.18 bits per heavy atom. The van der Waals surface area contributed by atoms with Crippen molar-refractivity contribution in [2.45, 2.75) is 33.4 Å². The van der Waals surface area contributed by atoms with Crippen molar-refractivity contribution in [3.63, 3.8) is 0 Å². The molecule has 1 amide bonds. The third-order valence-electron chi connectivity index (χ3n) is 4.27. The monoisotopic (exact) mass is 414 g/mol. The van der Waals surface area contributed by atoms with E-state index in [2.05, 4.69) is 11.9 Å². The van der Waals surface area contributed by atoms with Crippen molar-refractivity contribution in [2.24, 2.45) is 0 Å². The summed E-state index contributed by atoms with van der Waals surface area (Å²) in [4.78, 5) is 19.3. The molecular weight excluding hydrogens is 392 g/mol. The van der Waals surface area contributed by atoms with Gasteiger partial charge in [-0.15, -0.1) is 11.3 Å². The standard InChI is InChI=1S/C22H23ClN2O2S/c1-3-12-25(22(26)17-8-10-18(23)11-9-17)13-19-15-28-21(24-19)14-27-20-7-5-4-6-16(20)2/h4-11,15H,3,12-14H2,1-2H3. The van der Waals surface area contributed by atoms with E-state index in [1.807, 2.05) is 41.5 Å². The van der Waals surface area contributed by atoms with E-state index in [9.17, 15) is 4.79 Å². The molecule has 0 unspecified atom stereocenters.